The first-order valence-corrected chi connectivity index (χ1v) is 7.00. The number of H-pyrrole nitrogens is 1. The van der Waals surface area contributed by atoms with Gasteiger partial charge < -0.3 is 9.40 Å². The molecule has 0 aliphatic heterocycles. The van der Waals surface area contributed by atoms with Crippen molar-refractivity contribution in [3.63, 3.8) is 0 Å². The van der Waals surface area contributed by atoms with Crippen LogP contribution in [0.2, 0.25) is 10.0 Å². The van der Waals surface area contributed by atoms with Crippen molar-refractivity contribution in [2.45, 2.75) is 6.18 Å². The van der Waals surface area contributed by atoms with Crippen LogP contribution in [-0.4, -0.2) is 4.98 Å². The van der Waals surface area contributed by atoms with Crippen LogP contribution >= 0.6 is 23.2 Å². The summed E-state index contributed by atoms with van der Waals surface area (Å²) >= 11 is 12.1. The van der Waals surface area contributed by atoms with Gasteiger partial charge in [-0.05, 0) is 30.3 Å². The Kier molecular flexibility index (Phi) is 2.72. The van der Waals surface area contributed by atoms with Crippen molar-refractivity contribution < 1.29 is 17.6 Å². The van der Waals surface area contributed by atoms with E-state index in [0.717, 1.165) is 12.1 Å². The molecule has 0 aliphatic rings. The summed E-state index contributed by atoms with van der Waals surface area (Å²) in [7, 11) is 0. The summed E-state index contributed by atoms with van der Waals surface area (Å²) in [5.74, 6) is 0. The van der Waals surface area contributed by atoms with Gasteiger partial charge in [0.05, 0.1) is 27.0 Å². The second-order valence-corrected chi connectivity index (χ2v) is 5.79. The molecule has 0 aliphatic carbocycles. The molecule has 4 rings (SSSR count). The van der Waals surface area contributed by atoms with E-state index in [-0.39, 0.29) is 5.58 Å². The van der Waals surface area contributed by atoms with Gasteiger partial charge in [-0.1, -0.05) is 23.2 Å². The first-order valence-electron chi connectivity index (χ1n) is 6.25. The lowest BCUT2D eigenvalue weighted by Gasteiger charge is -2.05. The van der Waals surface area contributed by atoms with Gasteiger partial charge in [0.25, 0.3) is 0 Å². The van der Waals surface area contributed by atoms with Gasteiger partial charge in [0.2, 0.25) is 0 Å². The maximum absolute atomic E-state index is 12.8. The molecule has 0 spiro atoms. The monoisotopic (exact) mass is 343 g/mol. The molecule has 0 saturated carbocycles. The third-order valence-electron chi connectivity index (χ3n) is 3.56. The number of rotatable bonds is 0. The van der Waals surface area contributed by atoms with Crippen molar-refractivity contribution in [2.24, 2.45) is 0 Å². The van der Waals surface area contributed by atoms with E-state index >= 15 is 0 Å². The van der Waals surface area contributed by atoms with Crippen LogP contribution in [0.4, 0.5) is 13.2 Å². The molecule has 0 saturated heterocycles. The van der Waals surface area contributed by atoms with Crippen molar-refractivity contribution in [1.82, 2.24) is 4.98 Å². The van der Waals surface area contributed by atoms with Gasteiger partial charge in [0.1, 0.15) is 5.58 Å². The molecule has 4 aromatic rings. The highest BCUT2D eigenvalue weighted by molar-refractivity contribution is 6.40. The fraction of sp³-hybridized carbons (Fsp3) is 0.0667. The van der Waals surface area contributed by atoms with Crippen LogP contribution < -0.4 is 0 Å². The SMILES string of the molecule is FC(F)(F)c1ccc2c(c1)oc1c2[nH]c2cc(Cl)cc(Cl)c21. The smallest absolute Gasteiger partial charge is 0.416 e. The molecule has 0 fully saturated rings. The maximum atomic E-state index is 12.8. The van der Waals surface area contributed by atoms with Crippen molar-refractivity contribution in [3.05, 3.63) is 45.9 Å². The highest BCUT2D eigenvalue weighted by atomic mass is 35.5. The van der Waals surface area contributed by atoms with Gasteiger partial charge in [0.15, 0.2) is 5.58 Å². The lowest BCUT2D eigenvalue weighted by molar-refractivity contribution is -0.137. The molecule has 112 valence electrons. The summed E-state index contributed by atoms with van der Waals surface area (Å²) in [5.41, 5.74) is 1.10. The Hall–Kier alpha value is -1.85. The van der Waals surface area contributed by atoms with Crippen LogP contribution in [0.15, 0.2) is 34.7 Å². The number of alkyl halides is 3. The highest BCUT2D eigenvalue weighted by Gasteiger charge is 2.31. The zero-order valence-corrected chi connectivity index (χ0v) is 12.2. The van der Waals surface area contributed by atoms with E-state index < -0.39 is 11.7 Å². The zero-order chi connectivity index (χ0) is 15.6. The van der Waals surface area contributed by atoms with Crippen molar-refractivity contribution in [2.75, 3.05) is 0 Å². The Morgan fingerprint density at radius 1 is 1.05 bits per heavy atom. The Bertz CT molecular complexity index is 1050. The van der Waals surface area contributed by atoms with Crippen LogP contribution in [0, 0.1) is 0 Å². The summed E-state index contributed by atoms with van der Waals surface area (Å²) in [6.07, 6.45) is -4.41. The predicted molar refractivity (Wildman–Crippen MR) is 80.6 cm³/mol. The molecule has 2 aromatic carbocycles. The molecule has 0 atom stereocenters. The van der Waals surface area contributed by atoms with Gasteiger partial charge in [-0.3, -0.25) is 0 Å². The number of halogens is 5. The third-order valence-corrected chi connectivity index (χ3v) is 4.08. The minimum atomic E-state index is -4.41. The second kappa shape index (κ2) is 4.33. The molecule has 0 radical (unpaired) electrons. The highest BCUT2D eigenvalue weighted by Crippen LogP contribution is 2.40. The molecule has 2 aromatic heterocycles. The van der Waals surface area contributed by atoms with E-state index in [2.05, 4.69) is 4.98 Å². The molecule has 2 nitrogen and oxygen atoms in total. The molecule has 2 heterocycles. The predicted octanol–water partition coefficient (Wildman–Crippen LogP) is 6.39. The zero-order valence-electron chi connectivity index (χ0n) is 10.7. The first-order chi connectivity index (χ1) is 10.3. The minimum Gasteiger partial charge on any atom is -0.454 e. The van der Waals surface area contributed by atoms with E-state index in [9.17, 15) is 13.2 Å². The normalized spacial score (nSPS) is 12.8. The van der Waals surface area contributed by atoms with Crippen molar-refractivity contribution >= 4 is 56.2 Å². The number of fused-ring (bicyclic) bond motifs is 5. The van der Waals surface area contributed by atoms with Crippen LogP contribution in [0.3, 0.4) is 0 Å². The van der Waals surface area contributed by atoms with E-state index in [1.807, 2.05) is 0 Å². The minimum absolute atomic E-state index is 0.156. The van der Waals surface area contributed by atoms with E-state index in [0.29, 0.717) is 37.4 Å². The summed E-state index contributed by atoms with van der Waals surface area (Å²) in [6.45, 7) is 0. The Labute approximate surface area is 131 Å². The average Bonchev–Trinajstić information content (AvgIpc) is 2.91. The number of benzene rings is 2. The van der Waals surface area contributed by atoms with E-state index in [1.54, 1.807) is 12.1 Å². The van der Waals surface area contributed by atoms with Gasteiger partial charge in [-0.25, -0.2) is 0 Å². The Balaban J connectivity index is 2.10. The molecule has 0 bridgehead atoms. The van der Waals surface area contributed by atoms with Gasteiger partial charge in [-0.15, -0.1) is 0 Å². The first kappa shape index (κ1) is 13.8. The standard InChI is InChI=1S/C15H6Cl2F3NO/c16-7-4-9(17)12-10(5-7)21-13-8-2-1-6(15(18,19)20)3-11(8)22-14(12)13/h1-5,21H. The molecule has 22 heavy (non-hydrogen) atoms. The molecular weight excluding hydrogens is 338 g/mol. The lowest BCUT2D eigenvalue weighted by Crippen LogP contribution is -2.03. The van der Waals surface area contributed by atoms with Crippen LogP contribution in [0.5, 0.6) is 0 Å². The largest absolute Gasteiger partial charge is 0.454 e. The molecular formula is C15H6Cl2F3NO. The van der Waals surface area contributed by atoms with Gasteiger partial charge >= 0.3 is 6.18 Å². The summed E-state index contributed by atoms with van der Waals surface area (Å²) in [6, 6.07) is 6.65. The van der Waals surface area contributed by atoms with E-state index in [4.69, 9.17) is 27.6 Å². The topological polar surface area (TPSA) is 28.9 Å². The fourth-order valence-electron chi connectivity index (χ4n) is 2.61. The number of aromatic amines is 1. The number of hydrogen-bond donors (Lipinski definition) is 1. The summed E-state index contributed by atoms with van der Waals surface area (Å²) in [5, 5.41) is 2.01. The number of nitrogens with one attached hydrogen (secondary N) is 1. The van der Waals surface area contributed by atoms with E-state index in [1.165, 1.54) is 6.07 Å². The Morgan fingerprint density at radius 2 is 1.82 bits per heavy atom. The molecule has 0 unspecified atom stereocenters. The second-order valence-electron chi connectivity index (χ2n) is 4.95. The maximum Gasteiger partial charge on any atom is 0.416 e. The summed E-state index contributed by atoms with van der Waals surface area (Å²) in [4.78, 5) is 3.10. The number of aromatic nitrogens is 1. The van der Waals surface area contributed by atoms with Crippen LogP contribution in [-0.2, 0) is 6.18 Å². The Morgan fingerprint density at radius 3 is 2.55 bits per heavy atom. The van der Waals surface area contributed by atoms with Gasteiger partial charge in [0, 0.05) is 10.4 Å². The average molecular weight is 344 g/mol. The molecule has 1 N–H and O–H groups in total. The summed E-state index contributed by atoms with van der Waals surface area (Å²) < 4.78 is 43.9. The number of furan rings is 1. The van der Waals surface area contributed by atoms with Gasteiger partial charge in [-0.2, -0.15) is 13.2 Å². The number of hydrogen-bond acceptors (Lipinski definition) is 1. The third kappa shape index (κ3) is 1.89. The fourth-order valence-corrected chi connectivity index (χ4v) is 3.19. The quantitative estimate of drug-likeness (QED) is 0.393. The lowest BCUT2D eigenvalue weighted by atomic mass is 10.1. The van der Waals surface area contributed by atoms with Crippen molar-refractivity contribution in [1.29, 1.82) is 0 Å². The molecule has 7 heteroatoms. The molecule has 0 amide bonds. The van der Waals surface area contributed by atoms with Crippen LogP contribution in [0.1, 0.15) is 5.56 Å². The van der Waals surface area contributed by atoms with Crippen LogP contribution in [0.25, 0.3) is 33.0 Å². The van der Waals surface area contributed by atoms with Crippen molar-refractivity contribution in [3.8, 4) is 0 Å².